The largest absolute Gasteiger partial charge is 0.478 e. The fourth-order valence-electron chi connectivity index (χ4n) is 0.883. The van der Waals surface area contributed by atoms with Crippen molar-refractivity contribution >= 4 is 5.97 Å². The van der Waals surface area contributed by atoms with E-state index in [9.17, 15) is 22.4 Å². The van der Waals surface area contributed by atoms with E-state index in [1.165, 1.54) is 0 Å². The van der Waals surface area contributed by atoms with Gasteiger partial charge in [0.05, 0.1) is 5.56 Å². The Hall–Kier alpha value is -1.86. The predicted octanol–water partition coefficient (Wildman–Crippen LogP) is 2.45. The quantitative estimate of drug-likeness (QED) is 0.851. The van der Waals surface area contributed by atoms with Crippen molar-refractivity contribution < 1.29 is 32.2 Å². The van der Waals surface area contributed by atoms with Gasteiger partial charge in [0.15, 0.2) is 0 Å². The summed E-state index contributed by atoms with van der Waals surface area (Å²) in [6.45, 7) is -0.908. The van der Waals surface area contributed by atoms with E-state index in [4.69, 9.17) is 5.11 Å². The number of carbonyl (C=O) groups is 1. The molecule has 0 spiro atoms. The van der Waals surface area contributed by atoms with Crippen LogP contribution in [0, 0.1) is 0 Å². The third-order valence-electron chi connectivity index (χ3n) is 2.07. The lowest BCUT2D eigenvalue weighted by Gasteiger charge is -2.23. The number of aromatic carboxylic acids is 1. The number of carboxylic acids is 1. The molecule has 0 aliphatic rings. The summed E-state index contributed by atoms with van der Waals surface area (Å²) < 4.78 is 54.1. The summed E-state index contributed by atoms with van der Waals surface area (Å²) in [6.07, 6.45) is -4.14. The molecule has 0 saturated heterocycles. The summed E-state index contributed by atoms with van der Waals surface area (Å²) >= 11 is 0. The number of nitrogens with zero attached hydrogens (tertiary/aromatic N) is 1. The highest BCUT2D eigenvalue weighted by molar-refractivity contribution is 5.87. The van der Waals surface area contributed by atoms with E-state index in [0.29, 0.717) is 6.92 Å². The van der Waals surface area contributed by atoms with Crippen LogP contribution in [0.4, 0.5) is 17.6 Å². The Morgan fingerprint density at radius 1 is 1.39 bits per heavy atom. The van der Waals surface area contributed by atoms with Gasteiger partial charge in [-0.15, -0.1) is 0 Å². The molecule has 1 atom stereocenters. The average molecular weight is 267 g/mol. The van der Waals surface area contributed by atoms with Crippen LogP contribution in [-0.2, 0) is 0 Å². The Labute approximate surface area is 99.2 Å². The maximum absolute atomic E-state index is 13.1. The van der Waals surface area contributed by atoms with Crippen molar-refractivity contribution in [1.29, 1.82) is 0 Å². The van der Waals surface area contributed by atoms with Gasteiger partial charge in [-0.1, -0.05) is 0 Å². The first kappa shape index (κ1) is 14.2. The number of rotatable bonds is 4. The average Bonchev–Trinajstić information content (AvgIpc) is 2.25. The first-order chi connectivity index (χ1) is 8.13. The van der Waals surface area contributed by atoms with Gasteiger partial charge in [-0.05, 0) is 13.0 Å². The minimum Gasteiger partial charge on any atom is -0.478 e. The molecule has 8 heteroatoms. The van der Waals surface area contributed by atoms with Gasteiger partial charge in [0.2, 0.25) is 11.5 Å². The van der Waals surface area contributed by atoms with Gasteiger partial charge >= 0.3 is 12.1 Å². The van der Waals surface area contributed by atoms with Crippen molar-refractivity contribution in [2.75, 3.05) is 6.61 Å². The highest BCUT2D eigenvalue weighted by Gasteiger charge is 2.53. The number of hydrogen-bond donors (Lipinski definition) is 1. The molecule has 1 N–H and O–H groups in total. The van der Waals surface area contributed by atoms with Crippen LogP contribution in [-0.4, -0.2) is 34.5 Å². The molecule has 0 radical (unpaired) electrons. The number of alkyl halides is 4. The summed E-state index contributed by atoms with van der Waals surface area (Å²) in [5.41, 5.74) is -3.65. The molecule has 0 aliphatic carbocycles. The maximum Gasteiger partial charge on any atom is 0.425 e. The number of ether oxygens (including phenoxy) is 1. The number of halogens is 4. The molecule has 100 valence electrons. The van der Waals surface area contributed by atoms with Crippen LogP contribution in [0.3, 0.4) is 0 Å². The highest BCUT2D eigenvalue weighted by atomic mass is 19.4. The zero-order valence-electron chi connectivity index (χ0n) is 9.16. The van der Waals surface area contributed by atoms with Crippen LogP contribution >= 0.6 is 0 Å². The van der Waals surface area contributed by atoms with E-state index in [0.717, 1.165) is 18.3 Å². The molecule has 0 fully saturated rings. The number of aromatic nitrogens is 1. The van der Waals surface area contributed by atoms with Crippen molar-refractivity contribution in [2.45, 2.75) is 18.8 Å². The lowest BCUT2D eigenvalue weighted by molar-refractivity contribution is -0.231. The van der Waals surface area contributed by atoms with Crippen molar-refractivity contribution in [1.82, 2.24) is 4.98 Å². The third kappa shape index (κ3) is 3.31. The summed E-state index contributed by atoms with van der Waals surface area (Å²) in [5.74, 6) is -1.52. The zero-order valence-corrected chi connectivity index (χ0v) is 9.16. The molecule has 1 unspecified atom stereocenters. The second-order valence-corrected chi connectivity index (χ2v) is 3.67. The second-order valence-electron chi connectivity index (χ2n) is 3.67. The summed E-state index contributed by atoms with van der Waals surface area (Å²) in [5, 5.41) is 8.55. The van der Waals surface area contributed by atoms with Gasteiger partial charge in [0.1, 0.15) is 6.61 Å². The molecule has 1 rings (SSSR count). The third-order valence-corrected chi connectivity index (χ3v) is 2.07. The van der Waals surface area contributed by atoms with E-state index in [1.54, 1.807) is 0 Å². The smallest absolute Gasteiger partial charge is 0.425 e. The van der Waals surface area contributed by atoms with E-state index in [2.05, 4.69) is 9.72 Å². The summed E-state index contributed by atoms with van der Waals surface area (Å²) in [6, 6.07) is 2.14. The number of carboxylic acid groups (broad SMARTS) is 1. The van der Waals surface area contributed by atoms with Gasteiger partial charge in [-0.3, -0.25) is 0 Å². The van der Waals surface area contributed by atoms with Crippen molar-refractivity contribution in [3.63, 3.8) is 0 Å². The number of hydrogen-bond acceptors (Lipinski definition) is 3. The van der Waals surface area contributed by atoms with Crippen LogP contribution in [0.2, 0.25) is 0 Å². The molecular formula is C10H9F4NO3. The van der Waals surface area contributed by atoms with Crippen LogP contribution in [0.5, 0.6) is 5.88 Å². The maximum atomic E-state index is 13.1. The van der Waals surface area contributed by atoms with Crippen molar-refractivity contribution in [3.8, 4) is 5.88 Å². The molecule has 0 amide bonds. The minimum absolute atomic E-state index is 0.152. The van der Waals surface area contributed by atoms with E-state index in [1.807, 2.05) is 0 Å². The standard InChI is InChI=1S/C10H9F4NO3/c1-9(11,10(12,13)14)5-18-7-3-2-6(4-15-7)8(16)17/h2-4H,5H2,1H3,(H,16,17). The monoisotopic (exact) mass is 267 g/mol. The Balaban J connectivity index is 2.67. The number of pyridine rings is 1. The summed E-state index contributed by atoms with van der Waals surface area (Å²) in [7, 11) is 0. The predicted molar refractivity (Wildman–Crippen MR) is 52.3 cm³/mol. The first-order valence-electron chi connectivity index (χ1n) is 4.71. The fourth-order valence-corrected chi connectivity index (χ4v) is 0.883. The minimum atomic E-state index is -5.05. The van der Waals surface area contributed by atoms with Gasteiger partial charge in [-0.25, -0.2) is 14.2 Å². The topological polar surface area (TPSA) is 59.4 Å². The van der Waals surface area contributed by atoms with Crippen molar-refractivity contribution in [3.05, 3.63) is 23.9 Å². The molecule has 4 nitrogen and oxygen atoms in total. The lowest BCUT2D eigenvalue weighted by atomic mass is 10.1. The Morgan fingerprint density at radius 2 is 2.00 bits per heavy atom. The van der Waals surface area contributed by atoms with Crippen LogP contribution < -0.4 is 4.74 Å². The highest BCUT2D eigenvalue weighted by Crippen LogP contribution is 2.33. The Morgan fingerprint density at radius 3 is 2.39 bits per heavy atom. The summed E-state index contributed by atoms with van der Waals surface area (Å²) in [4.78, 5) is 13.9. The van der Waals surface area contributed by atoms with Gasteiger partial charge in [0, 0.05) is 12.3 Å². The van der Waals surface area contributed by atoms with E-state index in [-0.39, 0.29) is 11.4 Å². The van der Waals surface area contributed by atoms with E-state index >= 15 is 0 Å². The molecule has 0 aromatic carbocycles. The van der Waals surface area contributed by atoms with E-state index < -0.39 is 24.4 Å². The molecule has 1 aromatic heterocycles. The molecule has 1 aromatic rings. The zero-order chi connectivity index (χ0) is 14.0. The normalized spacial score (nSPS) is 14.9. The molecule has 1 heterocycles. The Bertz CT molecular complexity index is 428. The van der Waals surface area contributed by atoms with Crippen LogP contribution in [0.1, 0.15) is 17.3 Å². The Kier molecular flexibility index (Phi) is 3.78. The SMILES string of the molecule is CC(F)(COc1ccc(C(=O)O)cn1)C(F)(F)F. The second kappa shape index (κ2) is 4.79. The molecule has 0 aliphatic heterocycles. The van der Waals surface area contributed by atoms with Gasteiger partial charge in [-0.2, -0.15) is 13.2 Å². The van der Waals surface area contributed by atoms with Crippen LogP contribution in [0.15, 0.2) is 18.3 Å². The molecular weight excluding hydrogens is 258 g/mol. The first-order valence-corrected chi connectivity index (χ1v) is 4.71. The van der Waals surface area contributed by atoms with Crippen molar-refractivity contribution in [2.24, 2.45) is 0 Å². The lowest BCUT2D eigenvalue weighted by Crippen LogP contribution is -2.43. The molecule has 18 heavy (non-hydrogen) atoms. The molecule has 0 saturated carbocycles. The molecule has 0 bridgehead atoms. The van der Waals surface area contributed by atoms with Gasteiger partial charge in [0.25, 0.3) is 0 Å². The fraction of sp³-hybridized carbons (Fsp3) is 0.400. The van der Waals surface area contributed by atoms with Crippen LogP contribution in [0.25, 0.3) is 0 Å². The van der Waals surface area contributed by atoms with Gasteiger partial charge < -0.3 is 9.84 Å².